The number of carbonyl (C=O) groups is 1. The minimum absolute atomic E-state index is 0.265. The smallest absolute Gasteiger partial charge is 0.259 e. The molecule has 1 aromatic heterocycles. The molecule has 0 aliphatic heterocycles. The van der Waals surface area contributed by atoms with Crippen molar-refractivity contribution in [3.8, 4) is 5.75 Å². The molecule has 1 amide bonds. The molecular formula is C15H16N5O2S+. The van der Waals surface area contributed by atoms with Gasteiger partial charge in [-0.3, -0.25) is 10.1 Å². The Hall–Kier alpha value is -3.00. The Morgan fingerprint density at radius 2 is 2.04 bits per heavy atom. The monoisotopic (exact) mass is 330 g/mol. The van der Waals surface area contributed by atoms with E-state index < -0.39 is 0 Å². The van der Waals surface area contributed by atoms with Gasteiger partial charge in [0.05, 0.1) is 22.9 Å². The molecule has 0 aliphatic carbocycles. The van der Waals surface area contributed by atoms with Crippen molar-refractivity contribution in [2.24, 2.45) is 0 Å². The number of carbonyl (C=O) groups excluding carboxylic acids is 1. The molecule has 2 aromatic carbocycles. The molecule has 0 atom stereocenters. The van der Waals surface area contributed by atoms with Crippen molar-refractivity contribution in [3.63, 3.8) is 0 Å². The number of hydrogen-bond donors (Lipinski definition) is 4. The van der Waals surface area contributed by atoms with Gasteiger partial charge in [0.1, 0.15) is 5.75 Å². The van der Waals surface area contributed by atoms with E-state index in [0.29, 0.717) is 16.4 Å². The summed E-state index contributed by atoms with van der Waals surface area (Å²) in [6.07, 6.45) is 0. The number of nitrogens with zero attached hydrogens (tertiary/aromatic N) is 1. The SMILES string of the molecule is COc1ccc2nc(NC(=O)c3ccccc3N)sc2c1.N=[NH2+]. The van der Waals surface area contributed by atoms with Crippen molar-refractivity contribution in [3.05, 3.63) is 48.0 Å². The van der Waals surface area contributed by atoms with Crippen LogP contribution in [-0.2, 0) is 0 Å². The lowest BCUT2D eigenvalue weighted by molar-refractivity contribution is -0.249. The summed E-state index contributed by atoms with van der Waals surface area (Å²) in [4.78, 5) is 16.6. The molecule has 0 spiro atoms. The number of fused-ring (bicyclic) bond motifs is 1. The van der Waals surface area contributed by atoms with Gasteiger partial charge < -0.3 is 10.5 Å². The number of benzene rings is 2. The molecule has 6 N–H and O–H groups in total. The number of amides is 1. The molecule has 0 radical (unpaired) electrons. The number of thiazole rings is 1. The van der Waals surface area contributed by atoms with Crippen LogP contribution < -0.4 is 21.3 Å². The minimum Gasteiger partial charge on any atom is -0.497 e. The highest BCUT2D eigenvalue weighted by Gasteiger charge is 2.12. The molecule has 118 valence electrons. The van der Waals surface area contributed by atoms with Crippen molar-refractivity contribution < 1.29 is 15.1 Å². The number of nitrogens with two attached hydrogens (primary N) is 2. The molecule has 23 heavy (non-hydrogen) atoms. The summed E-state index contributed by atoms with van der Waals surface area (Å²) in [6.45, 7) is 0. The normalized spacial score (nSPS) is 9.78. The summed E-state index contributed by atoms with van der Waals surface area (Å²) in [5.74, 6) is 0.496. The summed E-state index contributed by atoms with van der Waals surface area (Å²) in [6, 6.07) is 12.5. The van der Waals surface area contributed by atoms with Gasteiger partial charge in [0, 0.05) is 5.69 Å². The first-order chi connectivity index (χ1) is 11.2. The number of aromatic nitrogens is 1. The van der Waals surface area contributed by atoms with Gasteiger partial charge in [-0.05, 0) is 30.3 Å². The quantitative estimate of drug-likeness (QED) is 0.432. The fraction of sp³-hybridized carbons (Fsp3) is 0.0667. The van der Waals surface area contributed by atoms with E-state index in [0.717, 1.165) is 16.0 Å². The predicted octanol–water partition coefficient (Wildman–Crippen LogP) is 1.92. The van der Waals surface area contributed by atoms with E-state index in [1.807, 2.05) is 18.2 Å². The summed E-state index contributed by atoms with van der Waals surface area (Å²) < 4.78 is 6.12. The van der Waals surface area contributed by atoms with Gasteiger partial charge in [-0.2, -0.15) is 5.53 Å². The number of nitrogens with one attached hydrogen (secondary N) is 2. The van der Waals surface area contributed by atoms with E-state index in [1.54, 1.807) is 31.4 Å². The number of rotatable bonds is 3. The Bertz CT molecular complexity index is 834. The molecule has 3 rings (SSSR count). The zero-order chi connectivity index (χ0) is 16.8. The highest BCUT2D eigenvalue weighted by molar-refractivity contribution is 7.22. The van der Waals surface area contributed by atoms with E-state index in [1.165, 1.54) is 11.3 Å². The van der Waals surface area contributed by atoms with Crippen LogP contribution in [0.25, 0.3) is 10.2 Å². The molecule has 3 aromatic rings. The fourth-order valence-electron chi connectivity index (χ4n) is 1.95. The third kappa shape index (κ3) is 3.61. The van der Waals surface area contributed by atoms with E-state index in [9.17, 15) is 4.79 Å². The Balaban J connectivity index is 0.000000924. The fourth-order valence-corrected chi connectivity index (χ4v) is 2.84. The van der Waals surface area contributed by atoms with E-state index in [2.05, 4.69) is 15.8 Å². The molecule has 7 nitrogen and oxygen atoms in total. The maximum absolute atomic E-state index is 12.2. The maximum atomic E-state index is 12.2. The topological polar surface area (TPSA) is 127 Å². The van der Waals surface area contributed by atoms with Gasteiger partial charge in [0.2, 0.25) is 0 Å². The number of para-hydroxylation sites is 1. The van der Waals surface area contributed by atoms with Gasteiger partial charge >= 0.3 is 0 Å². The lowest BCUT2D eigenvalue weighted by Crippen LogP contribution is -2.17. The molecule has 0 bridgehead atoms. The van der Waals surface area contributed by atoms with Crippen molar-refractivity contribution in [2.45, 2.75) is 0 Å². The standard InChI is InChI=1S/C15H13N3O2S.H2N2/c1-20-9-6-7-12-13(8-9)21-15(17-12)18-14(19)10-4-2-3-5-11(10)16;1-2/h2-8H,16H2,1H3,(H,17,18,19);1-2H/p+1. The number of anilines is 2. The van der Waals surface area contributed by atoms with Crippen LogP contribution in [0.3, 0.4) is 0 Å². The maximum Gasteiger partial charge on any atom is 0.259 e. The van der Waals surface area contributed by atoms with Crippen LogP contribution in [-0.4, -0.2) is 18.0 Å². The van der Waals surface area contributed by atoms with Gasteiger partial charge in [-0.15, -0.1) is 0 Å². The summed E-state index contributed by atoms with van der Waals surface area (Å²) in [7, 11) is 1.61. The number of ether oxygens (including phenoxy) is 1. The van der Waals surface area contributed by atoms with Crippen LogP contribution >= 0.6 is 11.3 Å². The van der Waals surface area contributed by atoms with Crippen molar-refractivity contribution in [2.75, 3.05) is 18.2 Å². The van der Waals surface area contributed by atoms with E-state index in [-0.39, 0.29) is 5.91 Å². The van der Waals surface area contributed by atoms with Gasteiger partial charge in [0.15, 0.2) is 5.13 Å². The molecule has 0 saturated heterocycles. The second-order valence-electron chi connectivity index (χ2n) is 4.39. The van der Waals surface area contributed by atoms with Crippen molar-refractivity contribution in [1.82, 2.24) is 4.98 Å². The lowest BCUT2D eigenvalue weighted by Gasteiger charge is -2.04. The van der Waals surface area contributed by atoms with Gasteiger partial charge in [-0.25, -0.2) is 4.98 Å². The molecule has 1 heterocycles. The van der Waals surface area contributed by atoms with Crippen LogP contribution in [0.5, 0.6) is 5.75 Å². The average Bonchev–Trinajstić information content (AvgIpc) is 2.98. The average molecular weight is 330 g/mol. The highest BCUT2D eigenvalue weighted by atomic mass is 32.1. The molecule has 8 heteroatoms. The molecule has 0 aliphatic rings. The zero-order valence-corrected chi connectivity index (χ0v) is 13.2. The second kappa shape index (κ2) is 7.32. The first-order valence-corrected chi connectivity index (χ1v) is 7.38. The van der Waals surface area contributed by atoms with Gasteiger partial charge in [-0.1, -0.05) is 29.0 Å². The van der Waals surface area contributed by atoms with Crippen LogP contribution in [0.1, 0.15) is 10.4 Å². The van der Waals surface area contributed by atoms with Gasteiger partial charge in [0.25, 0.3) is 5.91 Å². The summed E-state index contributed by atoms with van der Waals surface area (Å²) in [5.41, 5.74) is 16.5. The van der Waals surface area contributed by atoms with Crippen LogP contribution in [0.4, 0.5) is 10.8 Å². The van der Waals surface area contributed by atoms with Crippen molar-refractivity contribution in [1.29, 1.82) is 5.53 Å². The number of methoxy groups -OCH3 is 1. The zero-order valence-electron chi connectivity index (χ0n) is 12.4. The van der Waals surface area contributed by atoms with E-state index >= 15 is 0 Å². The third-order valence-corrected chi connectivity index (χ3v) is 3.96. The van der Waals surface area contributed by atoms with Crippen molar-refractivity contribution >= 4 is 38.3 Å². The first-order valence-electron chi connectivity index (χ1n) is 6.56. The molecule has 0 saturated carbocycles. The second-order valence-corrected chi connectivity index (χ2v) is 5.42. The summed E-state index contributed by atoms with van der Waals surface area (Å²) >= 11 is 1.39. The largest absolute Gasteiger partial charge is 0.497 e. The lowest BCUT2D eigenvalue weighted by atomic mass is 10.2. The van der Waals surface area contributed by atoms with Crippen LogP contribution in [0.2, 0.25) is 0 Å². The Labute approximate surface area is 136 Å². The molecule has 0 fully saturated rings. The summed E-state index contributed by atoms with van der Waals surface area (Å²) in [5, 5.41) is 3.31. The first kappa shape index (κ1) is 16.4. The Kier molecular flexibility index (Phi) is 5.21. The highest BCUT2D eigenvalue weighted by Crippen LogP contribution is 2.29. The molecule has 0 unspecified atom stereocenters. The number of nitrogen functional groups attached to an aromatic ring is 1. The van der Waals surface area contributed by atoms with Crippen LogP contribution in [0.15, 0.2) is 42.5 Å². The predicted molar refractivity (Wildman–Crippen MR) is 89.6 cm³/mol. The minimum atomic E-state index is -0.265. The Morgan fingerprint density at radius 3 is 2.74 bits per heavy atom. The van der Waals surface area contributed by atoms with Crippen LogP contribution in [0, 0.1) is 5.53 Å². The van der Waals surface area contributed by atoms with E-state index in [4.69, 9.17) is 16.0 Å². The Morgan fingerprint density at radius 1 is 1.30 bits per heavy atom. The third-order valence-electron chi connectivity index (χ3n) is 3.02. The number of hydrogen-bond acceptors (Lipinski definition) is 6. The molecular weight excluding hydrogens is 314 g/mol.